The summed E-state index contributed by atoms with van der Waals surface area (Å²) in [6.45, 7) is 3.35. The van der Waals surface area contributed by atoms with Crippen LogP contribution >= 0.6 is 0 Å². The first-order chi connectivity index (χ1) is 8.90. The number of rotatable bonds is 4. The van der Waals surface area contributed by atoms with Gasteiger partial charge < -0.3 is 10.6 Å². The van der Waals surface area contributed by atoms with Gasteiger partial charge in [-0.05, 0) is 51.1 Å². The normalized spacial score (nSPS) is 20.8. The Kier molecular flexibility index (Phi) is 4.13. The fourth-order valence-electron chi connectivity index (χ4n) is 2.43. The first-order valence-electron chi connectivity index (χ1n) is 6.46. The number of nitrogen functional groups attached to an aromatic ring is 1. The number of nitrogens with one attached hydrogen (secondary N) is 1. The smallest absolute Gasteiger partial charge is 0.242 e. The summed E-state index contributed by atoms with van der Waals surface area (Å²) in [4.78, 5) is 2.35. The molecule has 19 heavy (non-hydrogen) atoms. The molecular weight excluding hydrogens is 262 g/mol. The zero-order valence-corrected chi connectivity index (χ0v) is 12.2. The average Bonchev–Trinajstić information content (AvgIpc) is 2.72. The van der Waals surface area contributed by atoms with Crippen molar-refractivity contribution >= 4 is 15.7 Å². The van der Waals surface area contributed by atoms with E-state index < -0.39 is 10.0 Å². The van der Waals surface area contributed by atoms with Gasteiger partial charge >= 0.3 is 0 Å². The summed E-state index contributed by atoms with van der Waals surface area (Å²) >= 11 is 0. The molecule has 1 aromatic rings. The van der Waals surface area contributed by atoms with E-state index in [4.69, 9.17) is 5.73 Å². The minimum Gasteiger partial charge on any atom is -0.398 e. The molecule has 6 heteroatoms. The molecule has 0 saturated carbocycles. The molecule has 1 heterocycles. The van der Waals surface area contributed by atoms with Gasteiger partial charge in [-0.3, -0.25) is 0 Å². The number of anilines is 1. The zero-order chi connectivity index (χ0) is 14.0. The van der Waals surface area contributed by atoms with E-state index in [1.807, 2.05) is 14.0 Å². The molecule has 0 spiro atoms. The second kappa shape index (κ2) is 5.48. The van der Waals surface area contributed by atoms with Crippen molar-refractivity contribution in [1.82, 2.24) is 9.62 Å². The summed E-state index contributed by atoms with van der Waals surface area (Å²) in [5.74, 6) is 0. The molecule has 1 aliphatic rings. The Morgan fingerprint density at radius 1 is 1.47 bits per heavy atom. The average molecular weight is 283 g/mol. The number of nitrogens with two attached hydrogens (primary N) is 1. The maximum atomic E-state index is 12.2. The molecule has 3 N–H and O–H groups in total. The Hall–Kier alpha value is -1.11. The van der Waals surface area contributed by atoms with Gasteiger partial charge in [-0.15, -0.1) is 0 Å². The number of likely N-dealkylation sites (tertiary alicyclic amines) is 1. The molecule has 1 fully saturated rings. The standard InChI is InChI=1S/C13H21N3O2S/c1-10-5-6-13(12(14)8-10)19(17,18)15-9-11-4-3-7-16(11)2/h5-6,8,11,15H,3-4,7,9,14H2,1-2H3. The van der Waals surface area contributed by atoms with Crippen molar-refractivity contribution in [2.24, 2.45) is 0 Å². The lowest BCUT2D eigenvalue weighted by Gasteiger charge is -2.20. The summed E-state index contributed by atoms with van der Waals surface area (Å²) in [6.07, 6.45) is 2.15. The van der Waals surface area contributed by atoms with Crippen LogP contribution < -0.4 is 10.5 Å². The van der Waals surface area contributed by atoms with Crippen molar-refractivity contribution in [1.29, 1.82) is 0 Å². The Bertz CT molecular complexity index is 557. The van der Waals surface area contributed by atoms with E-state index in [0.29, 0.717) is 12.2 Å². The summed E-state index contributed by atoms with van der Waals surface area (Å²) < 4.78 is 27.1. The number of hydrogen-bond donors (Lipinski definition) is 2. The van der Waals surface area contributed by atoms with Gasteiger partial charge in [-0.1, -0.05) is 6.07 Å². The van der Waals surface area contributed by atoms with E-state index in [-0.39, 0.29) is 10.9 Å². The van der Waals surface area contributed by atoms with Gasteiger partial charge in [0, 0.05) is 12.6 Å². The van der Waals surface area contributed by atoms with Crippen LogP contribution in [0.2, 0.25) is 0 Å². The minimum absolute atomic E-state index is 0.166. The summed E-state index contributed by atoms with van der Waals surface area (Å²) in [5, 5.41) is 0. The van der Waals surface area contributed by atoms with Gasteiger partial charge in [-0.2, -0.15) is 0 Å². The van der Waals surface area contributed by atoms with Gasteiger partial charge in [0.2, 0.25) is 10.0 Å². The molecule has 5 nitrogen and oxygen atoms in total. The Morgan fingerprint density at radius 2 is 2.21 bits per heavy atom. The van der Waals surface area contributed by atoms with E-state index in [9.17, 15) is 8.42 Å². The van der Waals surface area contributed by atoms with Gasteiger partial charge in [0.15, 0.2) is 0 Å². The van der Waals surface area contributed by atoms with Crippen molar-refractivity contribution in [2.75, 3.05) is 25.9 Å². The van der Waals surface area contributed by atoms with Crippen LogP contribution in [0.5, 0.6) is 0 Å². The highest BCUT2D eigenvalue weighted by Crippen LogP contribution is 2.20. The quantitative estimate of drug-likeness (QED) is 0.807. The van der Waals surface area contributed by atoms with E-state index in [0.717, 1.165) is 24.9 Å². The fraction of sp³-hybridized carbons (Fsp3) is 0.538. The molecule has 1 saturated heterocycles. The maximum Gasteiger partial charge on any atom is 0.242 e. The molecule has 0 aromatic heterocycles. The molecular formula is C13H21N3O2S. The predicted octanol–water partition coefficient (Wildman–Crippen LogP) is 0.950. The minimum atomic E-state index is -3.52. The lowest BCUT2D eigenvalue weighted by molar-refractivity contribution is 0.311. The highest BCUT2D eigenvalue weighted by atomic mass is 32.2. The molecule has 2 rings (SSSR count). The summed E-state index contributed by atoms with van der Waals surface area (Å²) in [7, 11) is -1.50. The van der Waals surface area contributed by atoms with Crippen LogP contribution in [0.15, 0.2) is 23.1 Å². The Morgan fingerprint density at radius 3 is 2.79 bits per heavy atom. The lowest BCUT2D eigenvalue weighted by atomic mass is 10.2. The van der Waals surface area contributed by atoms with Crippen molar-refractivity contribution in [2.45, 2.75) is 30.7 Å². The van der Waals surface area contributed by atoms with E-state index in [1.54, 1.807) is 18.2 Å². The third kappa shape index (κ3) is 3.26. The molecule has 0 bridgehead atoms. The molecule has 0 aliphatic carbocycles. The molecule has 106 valence electrons. The van der Waals surface area contributed by atoms with Crippen LogP contribution in [-0.2, 0) is 10.0 Å². The number of hydrogen-bond acceptors (Lipinski definition) is 4. The van der Waals surface area contributed by atoms with Crippen LogP contribution in [0.4, 0.5) is 5.69 Å². The predicted molar refractivity (Wildman–Crippen MR) is 76.4 cm³/mol. The molecule has 1 unspecified atom stereocenters. The van der Waals surface area contributed by atoms with E-state index in [2.05, 4.69) is 9.62 Å². The molecule has 1 atom stereocenters. The highest BCUT2D eigenvalue weighted by molar-refractivity contribution is 7.89. The van der Waals surface area contributed by atoms with Crippen LogP contribution in [0, 0.1) is 6.92 Å². The van der Waals surface area contributed by atoms with Crippen LogP contribution in [0.25, 0.3) is 0 Å². The number of benzene rings is 1. The van der Waals surface area contributed by atoms with Crippen LogP contribution in [-0.4, -0.2) is 39.5 Å². The summed E-state index contributed by atoms with van der Waals surface area (Å²) in [5.41, 5.74) is 7.04. The third-order valence-corrected chi connectivity index (χ3v) is 5.13. The largest absolute Gasteiger partial charge is 0.398 e. The Labute approximate surface area is 114 Å². The second-order valence-corrected chi connectivity index (χ2v) is 6.91. The van der Waals surface area contributed by atoms with Crippen molar-refractivity contribution < 1.29 is 8.42 Å². The monoisotopic (exact) mass is 283 g/mol. The number of nitrogens with zero attached hydrogens (tertiary/aromatic N) is 1. The van der Waals surface area contributed by atoms with Gasteiger partial charge in [0.05, 0.1) is 5.69 Å². The number of likely N-dealkylation sites (N-methyl/N-ethyl adjacent to an activating group) is 1. The van der Waals surface area contributed by atoms with Crippen molar-refractivity contribution in [3.05, 3.63) is 23.8 Å². The van der Waals surface area contributed by atoms with Gasteiger partial charge in [-0.25, -0.2) is 13.1 Å². The van der Waals surface area contributed by atoms with Crippen LogP contribution in [0.1, 0.15) is 18.4 Å². The fourth-order valence-corrected chi connectivity index (χ4v) is 3.62. The van der Waals surface area contributed by atoms with Gasteiger partial charge in [0.1, 0.15) is 4.90 Å². The zero-order valence-electron chi connectivity index (χ0n) is 11.4. The number of sulfonamides is 1. The van der Waals surface area contributed by atoms with Gasteiger partial charge in [0.25, 0.3) is 0 Å². The number of aryl methyl sites for hydroxylation is 1. The second-order valence-electron chi connectivity index (χ2n) is 5.17. The first-order valence-corrected chi connectivity index (χ1v) is 7.94. The molecule has 1 aliphatic heterocycles. The van der Waals surface area contributed by atoms with E-state index in [1.165, 1.54) is 0 Å². The summed E-state index contributed by atoms with van der Waals surface area (Å²) in [6, 6.07) is 5.27. The lowest BCUT2D eigenvalue weighted by Crippen LogP contribution is -2.38. The molecule has 0 radical (unpaired) electrons. The molecule has 0 amide bonds. The SMILES string of the molecule is Cc1ccc(S(=O)(=O)NCC2CCCN2C)c(N)c1. The topological polar surface area (TPSA) is 75.4 Å². The van der Waals surface area contributed by atoms with Crippen LogP contribution in [0.3, 0.4) is 0 Å². The maximum absolute atomic E-state index is 12.2. The van der Waals surface area contributed by atoms with Crippen molar-refractivity contribution in [3.63, 3.8) is 0 Å². The van der Waals surface area contributed by atoms with Crippen molar-refractivity contribution in [3.8, 4) is 0 Å². The highest BCUT2D eigenvalue weighted by Gasteiger charge is 2.24. The first kappa shape index (κ1) is 14.3. The Balaban J connectivity index is 2.09. The van der Waals surface area contributed by atoms with E-state index >= 15 is 0 Å². The third-order valence-electron chi connectivity index (χ3n) is 3.64. The molecule has 1 aromatic carbocycles.